The third kappa shape index (κ3) is 4.03. The summed E-state index contributed by atoms with van der Waals surface area (Å²) < 4.78 is 0. The third-order valence-corrected chi connectivity index (χ3v) is 5.40. The molecular formula is C20H29N3O2. The highest BCUT2D eigenvalue weighted by Crippen LogP contribution is 2.27. The summed E-state index contributed by atoms with van der Waals surface area (Å²) in [5.74, 6) is 1.39. The number of rotatable bonds is 5. The minimum Gasteiger partial charge on any atom is -0.340 e. The molecule has 0 spiro atoms. The molecule has 0 saturated carbocycles. The lowest BCUT2D eigenvalue weighted by atomic mass is 10.0. The molecule has 1 unspecified atom stereocenters. The molecule has 5 heteroatoms. The Hall–Kier alpha value is -1.88. The number of likely N-dealkylation sites (tertiary alicyclic amines) is 1. The second kappa shape index (κ2) is 7.56. The number of aryl methyl sites for hydroxylation is 1. The van der Waals surface area contributed by atoms with E-state index < -0.39 is 6.04 Å². The highest BCUT2D eigenvalue weighted by molar-refractivity contribution is 5.98. The van der Waals surface area contributed by atoms with E-state index in [1.165, 1.54) is 0 Å². The van der Waals surface area contributed by atoms with Gasteiger partial charge < -0.3 is 15.5 Å². The van der Waals surface area contributed by atoms with Crippen molar-refractivity contribution in [3.05, 3.63) is 35.4 Å². The van der Waals surface area contributed by atoms with Crippen LogP contribution in [0.15, 0.2) is 24.3 Å². The Kier molecular flexibility index (Phi) is 5.42. The molecular weight excluding hydrogens is 314 g/mol. The van der Waals surface area contributed by atoms with E-state index in [1.54, 1.807) is 0 Å². The van der Waals surface area contributed by atoms with Gasteiger partial charge in [0.2, 0.25) is 5.91 Å². The number of amides is 2. The van der Waals surface area contributed by atoms with Crippen LogP contribution >= 0.6 is 0 Å². The van der Waals surface area contributed by atoms with Gasteiger partial charge in [-0.2, -0.15) is 0 Å². The number of nitrogens with zero attached hydrogens (tertiary/aromatic N) is 1. The van der Waals surface area contributed by atoms with Gasteiger partial charge in [0.05, 0.1) is 0 Å². The van der Waals surface area contributed by atoms with E-state index in [0.29, 0.717) is 29.7 Å². The summed E-state index contributed by atoms with van der Waals surface area (Å²) in [4.78, 5) is 27.7. The van der Waals surface area contributed by atoms with Gasteiger partial charge in [-0.15, -0.1) is 0 Å². The summed E-state index contributed by atoms with van der Waals surface area (Å²) in [7, 11) is 0. The second-order valence-electron chi connectivity index (χ2n) is 7.89. The lowest BCUT2D eigenvalue weighted by Crippen LogP contribution is -2.49. The minimum absolute atomic E-state index is 0.0741. The zero-order valence-corrected chi connectivity index (χ0v) is 15.4. The standard InChI is InChI=1S/C20H29N3O2/c1-13(2)8-18(22-19(24)17-7-5-4-6-14(17)3)20(25)23-11-15-9-21-10-16(15)12-23/h4-7,13,15-16,18,21H,8-12H2,1-3H3,(H,22,24)/t15-,16+,18?. The van der Waals surface area contributed by atoms with Gasteiger partial charge in [-0.3, -0.25) is 9.59 Å². The van der Waals surface area contributed by atoms with Crippen LogP contribution < -0.4 is 10.6 Å². The second-order valence-corrected chi connectivity index (χ2v) is 7.89. The van der Waals surface area contributed by atoms with Crippen LogP contribution in [0.3, 0.4) is 0 Å². The molecule has 0 bridgehead atoms. The normalized spacial score (nSPS) is 23.6. The fourth-order valence-electron chi connectivity index (χ4n) is 4.01. The van der Waals surface area contributed by atoms with Crippen molar-refractivity contribution in [2.45, 2.75) is 33.2 Å². The summed E-state index contributed by atoms with van der Waals surface area (Å²) >= 11 is 0. The molecule has 136 valence electrons. The van der Waals surface area contributed by atoms with Crippen LogP contribution in [-0.2, 0) is 4.79 Å². The van der Waals surface area contributed by atoms with Gasteiger partial charge in [-0.25, -0.2) is 0 Å². The van der Waals surface area contributed by atoms with Gasteiger partial charge in [-0.1, -0.05) is 32.0 Å². The van der Waals surface area contributed by atoms with Gasteiger partial charge in [0, 0.05) is 31.7 Å². The maximum Gasteiger partial charge on any atom is 0.252 e. The number of hydrogen-bond acceptors (Lipinski definition) is 3. The molecule has 2 aliphatic rings. The van der Waals surface area contributed by atoms with Crippen LogP contribution in [0.2, 0.25) is 0 Å². The molecule has 3 atom stereocenters. The van der Waals surface area contributed by atoms with Crippen molar-refractivity contribution < 1.29 is 9.59 Å². The molecule has 2 fully saturated rings. The fourth-order valence-corrected chi connectivity index (χ4v) is 4.01. The molecule has 0 aliphatic carbocycles. The highest BCUT2D eigenvalue weighted by Gasteiger charge is 2.40. The van der Waals surface area contributed by atoms with Crippen molar-refractivity contribution in [1.82, 2.24) is 15.5 Å². The molecule has 2 N–H and O–H groups in total. The number of hydrogen-bond donors (Lipinski definition) is 2. The van der Waals surface area contributed by atoms with Crippen LogP contribution in [-0.4, -0.2) is 48.9 Å². The number of carbonyl (C=O) groups excluding carboxylic acids is 2. The first-order valence-corrected chi connectivity index (χ1v) is 9.31. The maximum atomic E-state index is 13.1. The van der Waals surface area contributed by atoms with Crippen molar-refractivity contribution >= 4 is 11.8 Å². The van der Waals surface area contributed by atoms with E-state index in [4.69, 9.17) is 0 Å². The Morgan fingerprint density at radius 2 is 1.84 bits per heavy atom. The first-order chi connectivity index (χ1) is 12.0. The Balaban J connectivity index is 1.70. The monoisotopic (exact) mass is 343 g/mol. The first kappa shape index (κ1) is 17.9. The summed E-state index contributed by atoms with van der Waals surface area (Å²) in [6.07, 6.45) is 0.667. The van der Waals surface area contributed by atoms with Crippen molar-refractivity contribution in [3.8, 4) is 0 Å². The van der Waals surface area contributed by atoms with Crippen molar-refractivity contribution in [3.63, 3.8) is 0 Å². The number of carbonyl (C=O) groups is 2. The predicted octanol–water partition coefficient (Wildman–Crippen LogP) is 1.82. The van der Waals surface area contributed by atoms with Crippen LogP contribution in [0.1, 0.15) is 36.2 Å². The van der Waals surface area contributed by atoms with Gasteiger partial charge >= 0.3 is 0 Å². The predicted molar refractivity (Wildman–Crippen MR) is 98.3 cm³/mol. The number of nitrogens with one attached hydrogen (secondary N) is 2. The molecule has 5 nitrogen and oxygen atoms in total. The zero-order valence-electron chi connectivity index (χ0n) is 15.4. The molecule has 2 amide bonds. The molecule has 3 rings (SSSR count). The molecule has 1 aromatic rings. The Bertz CT molecular complexity index is 632. The summed E-state index contributed by atoms with van der Waals surface area (Å²) in [6, 6.07) is 7.06. The Morgan fingerprint density at radius 1 is 1.20 bits per heavy atom. The highest BCUT2D eigenvalue weighted by atomic mass is 16.2. The SMILES string of the molecule is Cc1ccccc1C(=O)NC(CC(C)C)C(=O)N1C[C@H]2CNC[C@H]2C1. The Morgan fingerprint density at radius 3 is 2.44 bits per heavy atom. The first-order valence-electron chi connectivity index (χ1n) is 9.31. The van der Waals surface area contributed by atoms with Crippen LogP contribution in [0.5, 0.6) is 0 Å². The van der Waals surface area contributed by atoms with E-state index in [9.17, 15) is 9.59 Å². The maximum absolute atomic E-state index is 13.1. The van der Waals surface area contributed by atoms with Crippen molar-refractivity contribution in [2.75, 3.05) is 26.2 Å². The molecule has 0 radical (unpaired) electrons. The molecule has 1 aromatic carbocycles. The third-order valence-electron chi connectivity index (χ3n) is 5.40. The smallest absolute Gasteiger partial charge is 0.252 e. The topological polar surface area (TPSA) is 61.4 Å². The van der Waals surface area contributed by atoms with Crippen molar-refractivity contribution in [1.29, 1.82) is 0 Å². The van der Waals surface area contributed by atoms with Crippen LogP contribution in [0.25, 0.3) is 0 Å². The average molecular weight is 343 g/mol. The summed E-state index contributed by atoms with van der Waals surface area (Å²) in [5.41, 5.74) is 1.57. The average Bonchev–Trinajstić information content (AvgIpc) is 3.15. The van der Waals surface area contributed by atoms with Gasteiger partial charge in [0.15, 0.2) is 0 Å². The van der Waals surface area contributed by atoms with Gasteiger partial charge in [-0.05, 0) is 42.7 Å². The fraction of sp³-hybridized carbons (Fsp3) is 0.600. The summed E-state index contributed by atoms with van der Waals surface area (Å²) in [6.45, 7) is 9.71. The van der Waals surface area contributed by atoms with E-state index in [2.05, 4.69) is 24.5 Å². The molecule has 2 saturated heterocycles. The quantitative estimate of drug-likeness (QED) is 0.857. The Labute approximate surface area is 150 Å². The molecule has 2 heterocycles. The van der Waals surface area contributed by atoms with Gasteiger partial charge in [0.1, 0.15) is 6.04 Å². The van der Waals surface area contributed by atoms with Crippen LogP contribution in [0.4, 0.5) is 0 Å². The molecule has 25 heavy (non-hydrogen) atoms. The van der Waals surface area contributed by atoms with E-state index in [1.807, 2.05) is 36.1 Å². The number of fused-ring (bicyclic) bond motifs is 1. The van der Waals surface area contributed by atoms with Crippen molar-refractivity contribution in [2.24, 2.45) is 17.8 Å². The van der Waals surface area contributed by atoms with E-state index in [0.717, 1.165) is 31.7 Å². The van der Waals surface area contributed by atoms with E-state index >= 15 is 0 Å². The number of benzene rings is 1. The van der Waals surface area contributed by atoms with Gasteiger partial charge in [0.25, 0.3) is 5.91 Å². The molecule has 2 aliphatic heterocycles. The van der Waals surface area contributed by atoms with Crippen LogP contribution in [0, 0.1) is 24.7 Å². The largest absolute Gasteiger partial charge is 0.340 e. The van der Waals surface area contributed by atoms with E-state index in [-0.39, 0.29) is 11.8 Å². The zero-order chi connectivity index (χ0) is 18.0. The lowest BCUT2D eigenvalue weighted by molar-refractivity contribution is -0.132. The minimum atomic E-state index is -0.445. The molecule has 0 aromatic heterocycles. The lowest BCUT2D eigenvalue weighted by Gasteiger charge is -2.26. The summed E-state index contributed by atoms with van der Waals surface area (Å²) in [5, 5.41) is 6.40.